The molecular weight excluding hydrogens is 267 g/mol. The molecule has 1 fully saturated rings. The molecule has 0 bridgehead atoms. The van der Waals surface area contributed by atoms with E-state index in [9.17, 15) is 13.2 Å². The number of imidazole rings is 1. The molecule has 0 atom stereocenters. The Kier molecular flexibility index (Phi) is 3.18. The number of aryl methyl sites for hydroxylation is 1. The van der Waals surface area contributed by atoms with Gasteiger partial charge >= 0.3 is 6.18 Å². The summed E-state index contributed by atoms with van der Waals surface area (Å²) in [5, 5.41) is 0. The maximum absolute atomic E-state index is 12.6. The zero-order valence-corrected chi connectivity index (χ0v) is 11.2. The number of alkyl halides is 3. The molecule has 108 valence electrons. The Morgan fingerprint density at radius 3 is 2.55 bits per heavy atom. The van der Waals surface area contributed by atoms with Crippen LogP contribution < -0.4 is 0 Å². The predicted octanol–water partition coefficient (Wildman–Crippen LogP) is 4.10. The maximum Gasteiger partial charge on any atom is 0.391 e. The number of nitrogens with zero attached hydrogens (tertiary/aromatic N) is 2. The van der Waals surface area contributed by atoms with Crippen molar-refractivity contribution in [3.8, 4) is 0 Å². The first-order valence-corrected chi connectivity index (χ1v) is 6.82. The summed E-state index contributed by atoms with van der Waals surface area (Å²) in [5.41, 5.74) is 2.54. The number of hydrogen-bond acceptors (Lipinski definition) is 2. The van der Waals surface area contributed by atoms with Crippen molar-refractivity contribution in [3.05, 3.63) is 23.7 Å². The van der Waals surface area contributed by atoms with Crippen LogP contribution >= 0.6 is 0 Å². The molecule has 0 aliphatic heterocycles. The van der Waals surface area contributed by atoms with Crippen molar-refractivity contribution < 1.29 is 13.2 Å². The summed E-state index contributed by atoms with van der Waals surface area (Å²) >= 11 is 0. The van der Waals surface area contributed by atoms with E-state index in [0.717, 1.165) is 16.9 Å². The summed E-state index contributed by atoms with van der Waals surface area (Å²) in [5.74, 6) is -0.287. The molecular formula is C14H16F3N3. The summed E-state index contributed by atoms with van der Waals surface area (Å²) in [6, 6.07) is 1.96. The summed E-state index contributed by atoms with van der Waals surface area (Å²) < 4.78 is 37.9. The van der Waals surface area contributed by atoms with Crippen LogP contribution in [0.3, 0.4) is 0 Å². The van der Waals surface area contributed by atoms with E-state index in [0.29, 0.717) is 18.5 Å². The van der Waals surface area contributed by atoms with Crippen LogP contribution in [0.1, 0.15) is 43.0 Å². The topological polar surface area (TPSA) is 41.6 Å². The van der Waals surface area contributed by atoms with E-state index in [1.807, 2.05) is 13.0 Å². The van der Waals surface area contributed by atoms with Crippen molar-refractivity contribution in [2.45, 2.75) is 44.7 Å². The first kappa shape index (κ1) is 13.4. The van der Waals surface area contributed by atoms with Gasteiger partial charge in [0.1, 0.15) is 5.82 Å². The monoisotopic (exact) mass is 283 g/mol. The van der Waals surface area contributed by atoms with Gasteiger partial charge in [0.05, 0.1) is 11.4 Å². The van der Waals surface area contributed by atoms with Crippen LogP contribution in [0.15, 0.2) is 12.3 Å². The Balaban J connectivity index is 1.76. The lowest BCUT2D eigenvalue weighted by Crippen LogP contribution is -2.27. The third kappa shape index (κ3) is 2.51. The Morgan fingerprint density at radius 1 is 1.20 bits per heavy atom. The number of aromatic nitrogens is 3. The van der Waals surface area contributed by atoms with Gasteiger partial charge in [-0.05, 0) is 44.2 Å². The lowest BCUT2D eigenvalue weighted by molar-refractivity contribution is -0.182. The molecule has 0 saturated heterocycles. The molecule has 0 aromatic carbocycles. The highest BCUT2D eigenvalue weighted by atomic mass is 19.4. The van der Waals surface area contributed by atoms with Crippen LogP contribution in [0.4, 0.5) is 13.2 Å². The molecule has 6 heteroatoms. The van der Waals surface area contributed by atoms with Gasteiger partial charge in [-0.25, -0.2) is 9.97 Å². The van der Waals surface area contributed by atoms with Gasteiger partial charge in [-0.3, -0.25) is 0 Å². The highest BCUT2D eigenvalue weighted by Crippen LogP contribution is 2.42. The lowest BCUT2D eigenvalue weighted by atomic mass is 9.81. The average molecular weight is 283 g/mol. The third-order valence-corrected chi connectivity index (χ3v) is 4.07. The molecule has 2 aromatic heterocycles. The first-order valence-electron chi connectivity index (χ1n) is 6.82. The number of nitrogens with one attached hydrogen (secondary N) is 1. The first-order chi connectivity index (χ1) is 9.43. The van der Waals surface area contributed by atoms with E-state index >= 15 is 0 Å². The smallest absolute Gasteiger partial charge is 0.340 e. The normalized spacial score (nSPS) is 24.2. The second-order valence-corrected chi connectivity index (χ2v) is 5.60. The Hall–Kier alpha value is -1.59. The molecule has 20 heavy (non-hydrogen) atoms. The minimum Gasteiger partial charge on any atom is -0.340 e. The molecule has 1 aliphatic carbocycles. The summed E-state index contributed by atoms with van der Waals surface area (Å²) in [6.45, 7) is 1.95. The van der Waals surface area contributed by atoms with Crippen LogP contribution in [0.5, 0.6) is 0 Å². The number of rotatable bonds is 1. The second-order valence-electron chi connectivity index (χ2n) is 5.60. The molecule has 2 heterocycles. The molecule has 0 spiro atoms. The Bertz CT molecular complexity index is 610. The number of fused-ring (bicyclic) bond motifs is 1. The molecule has 3 nitrogen and oxygen atoms in total. The van der Waals surface area contributed by atoms with Crippen LogP contribution in [0, 0.1) is 12.8 Å². The minimum absolute atomic E-state index is 0.0862. The van der Waals surface area contributed by atoms with Crippen LogP contribution in [0.2, 0.25) is 0 Å². The summed E-state index contributed by atoms with van der Waals surface area (Å²) in [7, 11) is 0. The molecule has 0 unspecified atom stereocenters. The zero-order chi connectivity index (χ0) is 14.3. The molecule has 1 aliphatic rings. The van der Waals surface area contributed by atoms with Crippen molar-refractivity contribution >= 4 is 11.2 Å². The highest BCUT2D eigenvalue weighted by Gasteiger charge is 2.41. The number of halogens is 3. The van der Waals surface area contributed by atoms with Gasteiger partial charge in [-0.15, -0.1) is 0 Å². The zero-order valence-electron chi connectivity index (χ0n) is 11.2. The van der Waals surface area contributed by atoms with Gasteiger partial charge in [0, 0.05) is 12.1 Å². The number of aromatic amines is 1. The van der Waals surface area contributed by atoms with Crippen molar-refractivity contribution in [1.82, 2.24) is 15.0 Å². The van der Waals surface area contributed by atoms with Crippen molar-refractivity contribution in [3.63, 3.8) is 0 Å². The van der Waals surface area contributed by atoms with E-state index < -0.39 is 12.1 Å². The molecule has 3 rings (SSSR count). The van der Waals surface area contributed by atoms with Crippen molar-refractivity contribution in [2.75, 3.05) is 0 Å². The van der Waals surface area contributed by atoms with Crippen LogP contribution in [-0.2, 0) is 0 Å². The Labute approximate surface area is 114 Å². The van der Waals surface area contributed by atoms with E-state index in [1.165, 1.54) is 0 Å². The lowest BCUT2D eigenvalue weighted by Gasteiger charge is -2.28. The van der Waals surface area contributed by atoms with E-state index in [-0.39, 0.29) is 18.8 Å². The van der Waals surface area contributed by atoms with E-state index in [1.54, 1.807) is 6.20 Å². The molecule has 1 saturated carbocycles. The van der Waals surface area contributed by atoms with Gasteiger partial charge < -0.3 is 4.98 Å². The number of pyridine rings is 1. The SMILES string of the molecule is Cc1cnc2nc(C3CCC(C(F)(F)F)CC3)[nH]c2c1. The maximum atomic E-state index is 12.6. The summed E-state index contributed by atoms with van der Waals surface area (Å²) in [6.07, 6.45) is -0.869. The minimum atomic E-state index is -4.06. The standard InChI is InChI=1S/C14H16F3N3/c1-8-6-11-13(18-7-8)20-12(19-11)9-2-4-10(5-3-9)14(15,16)17/h6-7,9-10H,2-5H2,1H3,(H,18,19,20). The highest BCUT2D eigenvalue weighted by molar-refractivity contribution is 5.71. The predicted molar refractivity (Wildman–Crippen MR) is 69.4 cm³/mol. The Morgan fingerprint density at radius 2 is 1.90 bits per heavy atom. The van der Waals surface area contributed by atoms with Crippen molar-refractivity contribution in [1.29, 1.82) is 0 Å². The number of H-pyrrole nitrogens is 1. The fourth-order valence-corrected chi connectivity index (χ4v) is 2.91. The molecule has 1 N–H and O–H groups in total. The van der Waals surface area contributed by atoms with E-state index in [4.69, 9.17) is 0 Å². The van der Waals surface area contributed by atoms with Crippen LogP contribution in [0.25, 0.3) is 11.2 Å². The molecule has 0 amide bonds. The molecule has 0 radical (unpaired) electrons. The molecule has 2 aromatic rings. The van der Waals surface area contributed by atoms with Gasteiger partial charge in [0.2, 0.25) is 0 Å². The number of hydrogen-bond donors (Lipinski definition) is 1. The van der Waals surface area contributed by atoms with E-state index in [2.05, 4.69) is 15.0 Å². The van der Waals surface area contributed by atoms with Crippen LogP contribution in [-0.4, -0.2) is 21.1 Å². The second kappa shape index (κ2) is 4.75. The van der Waals surface area contributed by atoms with Gasteiger partial charge in [0.25, 0.3) is 0 Å². The fraction of sp³-hybridized carbons (Fsp3) is 0.571. The summed E-state index contributed by atoms with van der Waals surface area (Å²) in [4.78, 5) is 11.8. The third-order valence-electron chi connectivity index (χ3n) is 4.07. The quantitative estimate of drug-likeness (QED) is 0.856. The average Bonchev–Trinajstić information content (AvgIpc) is 2.80. The van der Waals surface area contributed by atoms with Gasteiger partial charge in [0.15, 0.2) is 5.65 Å². The largest absolute Gasteiger partial charge is 0.391 e. The van der Waals surface area contributed by atoms with Gasteiger partial charge in [-0.2, -0.15) is 13.2 Å². The van der Waals surface area contributed by atoms with Crippen molar-refractivity contribution in [2.24, 2.45) is 5.92 Å². The van der Waals surface area contributed by atoms with Gasteiger partial charge in [-0.1, -0.05) is 0 Å². The fourth-order valence-electron chi connectivity index (χ4n) is 2.91.